The summed E-state index contributed by atoms with van der Waals surface area (Å²) in [5, 5.41) is 10.2. The molecule has 0 unspecified atom stereocenters. The second-order valence-electron chi connectivity index (χ2n) is 6.86. The van der Waals surface area contributed by atoms with E-state index in [0.717, 1.165) is 29.3 Å². The molecular weight excluding hydrogens is 431 g/mol. The van der Waals surface area contributed by atoms with Gasteiger partial charge in [0, 0.05) is 16.7 Å². The number of hydrogen-bond acceptors (Lipinski definition) is 5. The van der Waals surface area contributed by atoms with Crippen molar-refractivity contribution in [2.75, 3.05) is 7.11 Å². The first-order valence-corrected chi connectivity index (χ1v) is 9.72. The molecule has 0 atom stereocenters. The molecule has 1 heterocycles. The van der Waals surface area contributed by atoms with Crippen LogP contribution >= 0.6 is 0 Å². The van der Waals surface area contributed by atoms with Crippen molar-refractivity contribution in [1.29, 1.82) is 0 Å². The summed E-state index contributed by atoms with van der Waals surface area (Å²) in [5.74, 6) is 5.24. The summed E-state index contributed by atoms with van der Waals surface area (Å²) >= 11 is 0. The van der Waals surface area contributed by atoms with Crippen LogP contribution in [0.15, 0.2) is 72.8 Å². The zero-order valence-electron chi connectivity index (χ0n) is 17.3. The highest BCUT2D eigenvalue weighted by molar-refractivity contribution is 5.71. The lowest BCUT2D eigenvalue weighted by atomic mass is 10.0. The normalized spacial score (nSPS) is 10.9. The average molecular weight is 447 g/mol. The van der Waals surface area contributed by atoms with Crippen molar-refractivity contribution in [3.05, 3.63) is 89.5 Å². The van der Waals surface area contributed by atoms with Crippen LogP contribution in [0.2, 0.25) is 0 Å². The maximum Gasteiger partial charge on any atom is 0.417 e. The first-order valence-electron chi connectivity index (χ1n) is 9.72. The van der Waals surface area contributed by atoms with E-state index in [9.17, 15) is 18.3 Å². The quantitative estimate of drug-likeness (QED) is 0.430. The number of aromatic hydroxyl groups is 1. The van der Waals surface area contributed by atoms with E-state index < -0.39 is 23.1 Å². The van der Waals surface area contributed by atoms with E-state index in [1.807, 2.05) is 30.3 Å². The molecular formula is C25H16F3N3O2. The fourth-order valence-corrected chi connectivity index (χ4v) is 3.07. The molecule has 0 bridgehead atoms. The minimum Gasteiger partial charge on any atom is -0.507 e. The average Bonchev–Trinajstić information content (AvgIpc) is 2.82. The van der Waals surface area contributed by atoms with E-state index in [2.05, 4.69) is 26.8 Å². The summed E-state index contributed by atoms with van der Waals surface area (Å²) < 4.78 is 45.7. The predicted molar refractivity (Wildman–Crippen MR) is 116 cm³/mol. The van der Waals surface area contributed by atoms with Crippen LogP contribution in [0.5, 0.6) is 11.8 Å². The molecule has 5 nitrogen and oxygen atoms in total. The van der Waals surface area contributed by atoms with Crippen molar-refractivity contribution < 1.29 is 23.0 Å². The van der Waals surface area contributed by atoms with Crippen LogP contribution < -0.4 is 4.74 Å². The molecule has 0 fully saturated rings. The first-order chi connectivity index (χ1) is 15.8. The number of halogens is 3. The predicted octanol–water partition coefficient (Wildman–Crippen LogP) is 5.34. The van der Waals surface area contributed by atoms with E-state index in [1.165, 1.54) is 7.11 Å². The fourth-order valence-electron chi connectivity index (χ4n) is 3.07. The molecule has 0 saturated carbocycles. The van der Waals surface area contributed by atoms with Crippen molar-refractivity contribution in [1.82, 2.24) is 15.0 Å². The Kier molecular flexibility index (Phi) is 5.96. The number of phenols is 1. The Hall–Kier alpha value is -4.38. The maximum absolute atomic E-state index is 13.5. The highest BCUT2D eigenvalue weighted by Gasteiger charge is 2.36. The molecule has 0 aliphatic carbocycles. The van der Waals surface area contributed by atoms with Crippen LogP contribution in [0.25, 0.3) is 22.8 Å². The summed E-state index contributed by atoms with van der Waals surface area (Å²) in [4.78, 5) is 12.3. The molecule has 4 aromatic rings. The standard InChI is InChI=1S/C25H16F3N3O2/c1-33-24-30-22(18-14-12-17(13-15-18)11-10-16-6-3-2-4-7-16)29-23(31-24)21-19(25(26,27)28)8-5-9-20(21)32/h2-9,12-15,32H,1H3. The van der Waals surface area contributed by atoms with Gasteiger partial charge in [-0.25, -0.2) is 4.98 Å². The van der Waals surface area contributed by atoms with Crippen molar-refractivity contribution in [2.24, 2.45) is 0 Å². The third-order valence-electron chi connectivity index (χ3n) is 4.64. The Balaban J connectivity index is 1.74. The third-order valence-corrected chi connectivity index (χ3v) is 4.64. The Morgan fingerprint density at radius 1 is 0.758 bits per heavy atom. The molecule has 1 N–H and O–H groups in total. The second kappa shape index (κ2) is 9.01. The minimum atomic E-state index is -4.72. The van der Waals surface area contributed by atoms with Crippen LogP contribution in [-0.4, -0.2) is 27.2 Å². The largest absolute Gasteiger partial charge is 0.507 e. The number of hydrogen-bond donors (Lipinski definition) is 1. The molecule has 3 aromatic carbocycles. The topological polar surface area (TPSA) is 68.1 Å². The summed E-state index contributed by atoms with van der Waals surface area (Å²) in [6.07, 6.45) is -4.72. The Labute approximate surface area is 187 Å². The summed E-state index contributed by atoms with van der Waals surface area (Å²) in [7, 11) is 1.29. The maximum atomic E-state index is 13.5. The molecule has 8 heteroatoms. The van der Waals surface area contributed by atoms with Gasteiger partial charge >= 0.3 is 12.2 Å². The Bertz CT molecular complexity index is 1340. The number of phenolic OH excluding ortho intramolecular Hbond substituents is 1. The number of methoxy groups -OCH3 is 1. The zero-order valence-corrected chi connectivity index (χ0v) is 17.3. The SMILES string of the molecule is COc1nc(-c2ccc(C#Cc3ccccc3)cc2)nc(-c2c(O)cccc2C(F)(F)F)n1. The van der Waals surface area contributed by atoms with Gasteiger partial charge in [0.05, 0.1) is 18.2 Å². The number of benzene rings is 3. The van der Waals surface area contributed by atoms with Crippen LogP contribution in [-0.2, 0) is 6.18 Å². The lowest BCUT2D eigenvalue weighted by molar-refractivity contribution is -0.137. The van der Waals surface area contributed by atoms with Gasteiger partial charge in [-0.3, -0.25) is 0 Å². The van der Waals surface area contributed by atoms with Crippen LogP contribution in [0.4, 0.5) is 13.2 Å². The van der Waals surface area contributed by atoms with Gasteiger partial charge in [0.1, 0.15) is 5.75 Å². The van der Waals surface area contributed by atoms with Crippen molar-refractivity contribution in [2.45, 2.75) is 6.18 Å². The van der Waals surface area contributed by atoms with E-state index >= 15 is 0 Å². The van der Waals surface area contributed by atoms with Crippen LogP contribution in [0.1, 0.15) is 16.7 Å². The summed E-state index contributed by atoms with van der Waals surface area (Å²) in [6.45, 7) is 0. The van der Waals surface area contributed by atoms with Gasteiger partial charge in [0.25, 0.3) is 0 Å². The molecule has 0 saturated heterocycles. The molecule has 0 radical (unpaired) electrons. The van der Waals surface area contributed by atoms with E-state index in [1.54, 1.807) is 24.3 Å². The molecule has 0 aliphatic rings. The molecule has 4 rings (SSSR count). The van der Waals surface area contributed by atoms with E-state index in [-0.39, 0.29) is 17.7 Å². The number of aromatic nitrogens is 3. The minimum absolute atomic E-state index is 0.0933. The van der Waals surface area contributed by atoms with E-state index in [0.29, 0.717) is 5.56 Å². The van der Waals surface area contributed by atoms with Gasteiger partial charge in [-0.1, -0.05) is 36.1 Å². The lowest BCUT2D eigenvalue weighted by Gasteiger charge is -2.14. The molecule has 33 heavy (non-hydrogen) atoms. The molecule has 0 amide bonds. The fraction of sp³-hybridized carbons (Fsp3) is 0.0800. The Morgan fingerprint density at radius 2 is 1.39 bits per heavy atom. The lowest BCUT2D eigenvalue weighted by Crippen LogP contribution is -2.09. The van der Waals surface area contributed by atoms with Gasteiger partial charge in [-0.15, -0.1) is 0 Å². The number of alkyl halides is 3. The van der Waals surface area contributed by atoms with E-state index in [4.69, 9.17) is 4.74 Å². The third kappa shape index (κ3) is 4.93. The second-order valence-corrected chi connectivity index (χ2v) is 6.86. The molecule has 0 aliphatic heterocycles. The molecule has 0 spiro atoms. The summed E-state index contributed by atoms with van der Waals surface area (Å²) in [5.41, 5.74) is 0.525. The summed E-state index contributed by atoms with van der Waals surface area (Å²) in [6, 6.07) is 19.3. The number of ether oxygens (including phenoxy) is 1. The van der Waals surface area contributed by atoms with Gasteiger partial charge in [-0.05, 0) is 48.5 Å². The van der Waals surface area contributed by atoms with Crippen molar-refractivity contribution >= 4 is 0 Å². The van der Waals surface area contributed by atoms with Gasteiger partial charge in [-0.2, -0.15) is 23.1 Å². The molecule has 164 valence electrons. The smallest absolute Gasteiger partial charge is 0.417 e. The molecule has 1 aromatic heterocycles. The van der Waals surface area contributed by atoms with Crippen molar-refractivity contribution in [3.63, 3.8) is 0 Å². The first kappa shape index (κ1) is 21.8. The zero-order chi connectivity index (χ0) is 23.4. The number of nitrogens with zero attached hydrogens (tertiary/aromatic N) is 3. The monoisotopic (exact) mass is 447 g/mol. The van der Waals surface area contributed by atoms with Gasteiger partial charge < -0.3 is 9.84 Å². The highest BCUT2D eigenvalue weighted by atomic mass is 19.4. The van der Waals surface area contributed by atoms with Crippen LogP contribution in [0.3, 0.4) is 0 Å². The Morgan fingerprint density at radius 3 is 2.03 bits per heavy atom. The van der Waals surface area contributed by atoms with Crippen molar-refractivity contribution in [3.8, 4) is 46.4 Å². The number of rotatable bonds is 3. The highest BCUT2D eigenvalue weighted by Crippen LogP contribution is 2.41. The van der Waals surface area contributed by atoms with Gasteiger partial charge in [0.2, 0.25) is 0 Å². The van der Waals surface area contributed by atoms with Gasteiger partial charge in [0.15, 0.2) is 11.6 Å². The van der Waals surface area contributed by atoms with Crippen LogP contribution in [0, 0.1) is 11.8 Å².